The molecular formula is C21H25N3O6S3. The zero-order valence-electron chi connectivity index (χ0n) is 18.5. The predicted octanol–water partition coefficient (Wildman–Crippen LogP) is 2.71. The molecule has 0 N–H and O–H groups in total. The zero-order valence-corrected chi connectivity index (χ0v) is 21.0. The number of fused-ring (bicyclic) bond motifs is 1. The number of benzene rings is 1. The lowest BCUT2D eigenvalue weighted by Gasteiger charge is -2.20. The molecule has 1 amide bonds. The number of amides is 1. The van der Waals surface area contributed by atoms with E-state index in [2.05, 4.69) is 4.99 Å². The van der Waals surface area contributed by atoms with Gasteiger partial charge in [-0.2, -0.15) is 9.30 Å². The number of carbonyl (C=O) groups is 1. The van der Waals surface area contributed by atoms with Gasteiger partial charge in [0.1, 0.15) is 10.3 Å². The second-order valence-corrected chi connectivity index (χ2v) is 11.4. The Labute approximate surface area is 199 Å². The molecule has 0 radical (unpaired) electrons. The number of ether oxygens (including phenoxy) is 3. The van der Waals surface area contributed by atoms with Crippen molar-refractivity contribution >= 4 is 48.8 Å². The third-order valence-corrected chi connectivity index (χ3v) is 9.78. The van der Waals surface area contributed by atoms with Crippen molar-refractivity contribution in [1.82, 2.24) is 8.87 Å². The molecule has 0 spiro atoms. The van der Waals surface area contributed by atoms with Gasteiger partial charge in [-0.25, -0.2) is 8.42 Å². The lowest BCUT2D eigenvalue weighted by atomic mass is 10.2. The van der Waals surface area contributed by atoms with Gasteiger partial charge in [-0.1, -0.05) is 17.4 Å². The van der Waals surface area contributed by atoms with E-state index < -0.39 is 22.0 Å². The van der Waals surface area contributed by atoms with E-state index >= 15 is 0 Å². The first-order valence-electron chi connectivity index (χ1n) is 10.3. The molecule has 3 heterocycles. The summed E-state index contributed by atoms with van der Waals surface area (Å²) in [6, 6.07) is 6.11. The van der Waals surface area contributed by atoms with Crippen molar-refractivity contribution in [1.29, 1.82) is 0 Å². The minimum absolute atomic E-state index is 0.235. The van der Waals surface area contributed by atoms with Crippen LogP contribution in [0.15, 0.2) is 38.8 Å². The van der Waals surface area contributed by atoms with Crippen LogP contribution in [0, 0.1) is 0 Å². The van der Waals surface area contributed by atoms with Crippen LogP contribution in [0.25, 0.3) is 10.2 Å². The summed E-state index contributed by atoms with van der Waals surface area (Å²) in [5, 5.41) is 1.71. The highest BCUT2D eigenvalue weighted by atomic mass is 32.2. The van der Waals surface area contributed by atoms with Gasteiger partial charge in [0.25, 0.3) is 15.9 Å². The highest BCUT2D eigenvalue weighted by Gasteiger charge is 2.40. The number of methoxy groups -OCH3 is 3. The molecule has 33 heavy (non-hydrogen) atoms. The van der Waals surface area contributed by atoms with E-state index in [-0.39, 0.29) is 4.21 Å². The fraction of sp³-hybridized carbons (Fsp3) is 0.429. The Morgan fingerprint density at radius 3 is 2.64 bits per heavy atom. The van der Waals surface area contributed by atoms with Gasteiger partial charge in [-0.3, -0.25) is 4.79 Å². The Hall–Kier alpha value is -2.25. The standard InChI is InChI=1S/C21H25N3O6S3/c1-28-10-9-23-15-12-16(29-2)17(30-3)13-18(15)32-21(23)22-20(25)14-6-4-8-24(14)33(26,27)19-7-5-11-31-19/h5,7,11-14H,4,6,8-10H2,1-3H3. The normalized spacial score (nSPS) is 17.7. The van der Waals surface area contributed by atoms with Crippen LogP contribution >= 0.6 is 22.7 Å². The monoisotopic (exact) mass is 511 g/mol. The van der Waals surface area contributed by atoms with Crippen LogP contribution in [-0.2, 0) is 26.1 Å². The van der Waals surface area contributed by atoms with Gasteiger partial charge in [0.05, 0.1) is 31.0 Å². The minimum Gasteiger partial charge on any atom is -0.493 e. The van der Waals surface area contributed by atoms with Crippen LogP contribution < -0.4 is 14.3 Å². The average molecular weight is 512 g/mol. The minimum atomic E-state index is -3.73. The first-order valence-corrected chi connectivity index (χ1v) is 13.4. The summed E-state index contributed by atoms with van der Waals surface area (Å²) in [4.78, 5) is 18.1. The number of hydrogen-bond donors (Lipinski definition) is 0. The Morgan fingerprint density at radius 2 is 1.97 bits per heavy atom. The number of sulfonamides is 1. The number of thiazole rings is 1. The molecule has 1 atom stereocenters. The molecular weight excluding hydrogens is 486 g/mol. The maximum atomic E-state index is 13.2. The van der Waals surface area contributed by atoms with Crippen LogP contribution in [-0.4, -0.2) is 63.7 Å². The van der Waals surface area contributed by atoms with Crippen LogP contribution in [0.1, 0.15) is 12.8 Å². The highest BCUT2D eigenvalue weighted by Crippen LogP contribution is 2.34. The molecule has 178 valence electrons. The van der Waals surface area contributed by atoms with Crippen LogP contribution in [0.2, 0.25) is 0 Å². The number of aromatic nitrogens is 1. The fourth-order valence-corrected chi connectivity index (χ4v) is 7.69. The quantitative estimate of drug-likeness (QED) is 0.461. The van der Waals surface area contributed by atoms with Crippen molar-refractivity contribution in [2.24, 2.45) is 4.99 Å². The van der Waals surface area contributed by atoms with Gasteiger partial charge in [-0.05, 0) is 24.3 Å². The van der Waals surface area contributed by atoms with Crippen LogP contribution in [0.3, 0.4) is 0 Å². The number of hydrogen-bond acceptors (Lipinski definition) is 8. The number of rotatable bonds is 8. The van der Waals surface area contributed by atoms with Gasteiger partial charge in [0.2, 0.25) is 0 Å². The Morgan fingerprint density at radius 1 is 1.21 bits per heavy atom. The van der Waals surface area contributed by atoms with Crippen molar-refractivity contribution in [2.45, 2.75) is 29.6 Å². The summed E-state index contributed by atoms with van der Waals surface area (Å²) in [7, 11) is 0.995. The third kappa shape index (κ3) is 4.58. The summed E-state index contributed by atoms with van der Waals surface area (Å²) in [5.74, 6) is 0.673. The molecule has 12 heteroatoms. The summed E-state index contributed by atoms with van der Waals surface area (Å²) < 4.78 is 46.4. The molecule has 1 unspecified atom stereocenters. The van der Waals surface area contributed by atoms with Crippen LogP contribution in [0.5, 0.6) is 11.5 Å². The van der Waals surface area contributed by atoms with E-state index in [1.807, 2.05) is 16.7 Å². The molecule has 0 aliphatic carbocycles. The van der Waals surface area contributed by atoms with Gasteiger partial charge in [0.15, 0.2) is 16.3 Å². The van der Waals surface area contributed by atoms with Gasteiger partial charge < -0.3 is 18.8 Å². The SMILES string of the molecule is COCCn1c(=NC(=O)C2CCCN2S(=O)(=O)c2cccs2)sc2cc(OC)c(OC)cc21. The van der Waals surface area contributed by atoms with Crippen molar-refractivity contribution < 1.29 is 27.4 Å². The summed E-state index contributed by atoms with van der Waals surface area (Å²) in [5.41, 5.74) is 0.829. The summed E-state index contributed by atoms with van der Waals surface area (Å²) >= 11 is 2.48. The van der Waals surface area contributed by atoms with Crippen molar-refractivity contribution in [3.63, 3.8) is 0 Å². The largest absolute Gasteiger partial charge is 0.493 e. The Balaban J connectivity index is 1.76. The molecule has 1 aliphatic rings. The highest BCUT2D eigenvalue weighted by molar-refractivity contribution is 7.91. The van der Waals surface area contributed by atoms with Crippen LogP contribution in [0.4, 0.5) is 0 Å². The molecule has 9 nitrogen and oxygen atoms in total. The van der Waals surface area contributed by atoms with Crippen molar-refractivity contribution in [3.8, 4) is 11.5 Å². The molecule has 2 aromatic heterocycles. The number of thiophene rings is 1. The van der Waals surface area contributed by atoms with Gasteiger partial charge >= 0.3 is 0 Å². The van der Waals surface area contributed by atoms with Gasteiger partial charge in [-0.15, -0.1) is 11.3 Å². The van der Waals surface area contributed by atoms with Gasteiger partial charge in [0, 0.05) is 32.3 Å². The molecule has 1 aliphatic heterocycles. The van der Waals surface area contributed by atoms with E-state index in [0.717, 1.165) is 21.6 Å². The second-order valence-electron chi connectivity index (χ2n) is 7.36. The topological polar surface area (TPSA) is 99.4 Å². The lowest BCUT2D eigenvalue weighted by Crippen LogP contribution is -2.40. The maximum absolute atomic E-state index is 13.2. The maximum Gasteiger partial charge on any atom is 0.266 e. The van der Waals surface area contributed by atoms with Crippen molar-refractivity contribution in [3.05, 3.63) is 34.4 Å². The van der Waals surface area contributed by atoms with Crippen molar-refractivity contribution in [2.75, 3.05) is 34.5 Å². The molecule has 1 aromatic carbocycles. The Bertz CT molecular complexity index is 1310. The molecule has 1 fully saturated rings. The first kappa shape index (κ1) is 23.9. The zero-order chi connectivity index (χ0) is 23.6. The number of nitrogens with zero attached hydrogens (tertiary/aromatic N) is 3. The molecule has 3 aromatic rings. The average Bonchev–Trinajstić information content (AvgIpc) is 3.57. The molecule has 1 saturated heterocycles. The number of carbonyl (C=O) groups excluding carboxylic acids is 1. The van der Waals surface area contributed by atoms with E-state index in [1.165, 1.54) is 15.6 Å². The lowest BCUT2D eigenvalue weighted by molar-refractivity contribution is -0.121. The second kappa shape index (κ2) is 9.94. The predicted molar refractivity (Wildman–Crippen MR) is 127 cm³/mol. The first-order chi connectivity index (χ1) is 15.9. The molecule has 0 bridgehead atoms. The fourth-order valence-electron chi connectivity index (χ4n) is 3.85. The summed E-state index contributed by atoms with van der Waals surface area (Å²) in [6.45, 7) is 1.19. The smallest absolute Gasteiger partial charge is 0.266 e. The molecule has 0 saturated carbocycles. The molecule has 4 rings (SSSR count). The van der Waals surface area contributed by atoms with E-state index in [9.17, 15) is 13.2 Å². The summed E-state index contributed by atoms with van der Waals surface area (Å²) in [6.07, 6.45) is 1.05. The van der Waals surface area contributed by atoms with E-state index in [4.69, 9.17) is 14.2 Å². The Kier molecular flexibility index (Phi) is 7.19. The van der Waals surface area contributed by atoms with E-state index in [0.29, 0.717) is 48.8 Å². The third-order valence-electron chi connectivity index (χ3n) is 5.46. The van der Waals surface area contributed by atoms with E-state index in [1.54, 1.807) is 38.8 Å².